The lowest BCUT2D eigenvalue weighted by Gasteiger charge is -2.61. The van der Waals surface area contributed by atoms with Gasteiger partial charge in [0, 0.05) is 30.7 Å². The molecule has 4 rings (SSSR count). The van der Waals surface area contributed by atoms with E-state index in [1.54, 1.807) is 0 Å². The van der Waals surface area contributed by atoms with Gasteiger partial charge in [0.15, 0.2) is 0 Å². The molecule has 3 aliphatic rings. The molecule has 0 radical (unpaired) electrons. The summed E-state index contributed by atoms with van der Waals surface area (Å²) in [6.07, 6.45) is 7.63. The number of amides is 2. The van der Waals surface area contributed by atoms with Crippen LogP contribution >= 0.6 is 0 Å². The second-order valence-corrected chi connectivity index (χ2v) is 10.7. The van der Waals surface area contributed by atoms with Crippen molar-refractivity contribution in [3.05, 3.63) is 35.9 Å². The average molecular weight is 377 g/mol. The molecule has 2 unspecified atom stereocenters. The predicted octanol–water partition coefficient (Wildman–Crippen LogP) is 2.92. The quantitative estimate of drug-likeness (QED) is 0.859. The Morgan fingerprint density at radius 2 is 1.92 bits per heavy atom. The highest BCUT2D eigenvalue weighted by Gasteiger charge is 2.57. The van der Waals surface area contributed by atoms with Crippen LogP contribution in [0.3, 0.4) is 0 Å². The zero-order valence-electron chi connectivity index (χ0n) is 15.4. The first-order valence-electron chi connectivity index (χ1n) is 9.63. The zero-order chi connectivity index (χ0) is 18.4. The van der Waals surface area contributed by atoms with Crippen molar-refractivity contribution in [1.29, 1.82) is 0 Å². The molecule has 2 amide bonds. The molecule has 2 aliphatic carbocycles. The lowest BCUT2D eigenvalue weighted by Crippen LogP contribution is -2.69. The van der Waals surface area contributed by atoms with Crippen molar-refractivity contribution < 1.29 is 13.2 Å². The first-order valence-corrected chi connectivity index (χ1v) is 11.7. The van der Waals surface area contributed by atoms with E-state index in [1.165, 1.54) is 24.7 Å². The molecular formula is C20H28N2O3S. The number of nitrogens with one attached hydrogen (secondary N) is 1. The molecule has 1 aliphatic heterocycles. The fraction of sp³-hybridized carbons (Fsp3) is 0.650. The molecule has 1 aromatic carbocycles. The van der Waals surface area contributed by atoms with Crippen molar-refractivity contribution in [1.82, 2.24) is 10.2 Å². The van der Waals surface area contributed by atoms with Gasteiger partial charge in [0.2, 0.25) is 0 Å². The molecule has 26 heavy (non-hydrogen) atoms. The van der Waals surface area contributed by atoms with Crippen molar-refractivity contribution in [2.45, 2.75) is 44.1 Å². The third-order valence-corrected chi connectivity index (χ3v) is 7.72. The Kier molecular flexibility index (Phi) is 4.29. The first-order chi connectivity index (χ1) is 12.3. The van der Waals surface area contributed by atoms with E-state index in [1.807, 2.05) is 11.0 Å². The highest BCUT2D eigenvalue weighted by Crippen LogP contribution is 2.54. The lowest BCUT2D eigenvalue weighted by molar-refractivity contribution is -0.0794. The number of carbonyl (C=O) groups is 1. The first kappa shape index (κ1) is 17.8. The molecule has 0 aromatic heterocycles. The minimum atomic E-state index is -3.02. The summed E-state index contributed by atoms with van der Waals surface area (Å²) < 4.78 is 23.3. The Morgan fingerprint density at radius 1 is 1.19 bits per heavy atom. The summed E-state index contributed by atoms with van der Waals surface area (Å²) in [4.78, 5) is 15.0. The molecule has 5 nitrogen and oxygen atoms in total. The van der Waals surface area contributed by atoms with E-state index in [0.717, 1.165) is 32.2 Å². The van der Waals surface area contributed by atoms with Gasteiger partial charge in [-0.3, -0.25) is 0 Å². The van der Waals surface area contributed by atoms with Crippen LogP contribution in [-0.2, 0) is 15.4 Å². The largest absolute Gasteiger partial charge is 0.337 e. The van der Waals surface area contributed by atoms with Crippen LogP contribution in [0.1, 0.15) is 44.1 Å². The van der Waals surface area contributed by atoms with Crippen LogP contribution in [0.15, 0.2) is 30.3 Å². The molecule has 3 fully saturated rings. The van der Waals surface area contributed by atoms with Gasteiger partial charge in [0.25, 0.3) is 0 Å². The minimum Gasteiger partial charge on any atom is -0.337 e. The fourth-order valence-electron chi connectivity index (χ4n) is 5.09. The molecule has 2 atom stereocenters. The van der Waals surface area contributed by atoms with E-state index in [9.17, 15) is 13.2 Å². The summed E-state index contributed by atoms with van der Waals surface area (Å²) in [6, 6.07) is 10.4. The van der Waals surface area contributed by atoms with E-state index in [0.29, 0.717) is 12.5 Å². The van der Waals surface area contributed by atoms with E-state index in [2.05, 4.69) is 29.6 Å². The van der Waals surface area contributed by atoms with E-state index in [4.69, 9.17) is 0 Å². The summed E-state index contributed by atoms with van der Waals surface area (Å²) in [5, 5.41) is 3.06. The minimum absolute atomic E-state index is 0.0354. The molecule has 142 valence electrons. The Hall–Kier alpha value is -1.56. The van der Waals surface area contributed by atoms with Crippen LogP contribution in [0.2, 0.25) is 0 Å². The topological polar surface area (TPSA) is 66.5 Å². The van der Waals surface area contributed by atoms with Crippen LogP contribution in [0, 0.1) is 11.3 Å². The molecule has 1 N–H and O–H groups in total. The number of benzene rings is 1. The number of rotatable bonds is 5. The number of fused-ring (bicyclic) bond motifs is 1. The molecule has 1 aromatic rings. The normalized spacial score (nSPS) is 29.4. The number of nitrogens with zero attached hydrogens (tertiary/aromatic N) is 1. The van der Waals surface area contributed by atoms with E-state index in [-0.39, 0.29) is 22.7 Å². The number of urea groups is 1. The monoisotopic (exact) mass is 376 g/mol. The summed E-state index contributed by atoms with van der Waals surface area (Å²) >= 11 is 0. The molecule has 0 spiro atoms. The van der Waals surface area contributed by atoms with Gasteiger partial charge in [-0.2, -0.15) is 0 Å². The second-order valence-electron chi connectivity index (χ2n) is 8.57. The summed E-state index contributed by atoms with van der Waals surface area (Å²) in [5.41, 5.74) is 0.834. The van der Waals surface area contributed by atoms with Crippen LogP contribution < -0.4 is 5.32 Å². The molecular weight excluding hydrogens is 348 g/mol. The smallest absolute Gasteiger partial charge is 0.318 e. The number of hydrogen-bond acceptors (Lipinski definition) is 3. The van der Waals surface area contributed by atoms with Gasteiger partial charge >= 0.3 is 6.03 Å². The molecule has 1 saturated heterocycles. The van der Waals surface area contributed by atoms with Crippen molar-refractivity contribution in [3.63, 3.8) is 0 Å². The van der Waals surface area contributed by atoms with Gasteiger partial charge < -0.3 is 10.2 Å². The van der Waals surface area contributed by atoms with E-state index >= 15 is 0 Å². The maximum absolute atomic E-state index is 13.0. The maximum atomic E-state index is 13.0. The third-order valence-electron chi connectivity index (χ3n) is 6.58. The maximum Gasteiger partial charge on any atom is 0.318 e. The number of likely N-dealkylation sites (tertiary alicyclic amines) is 1. The van der Waals surface area contributed by atoms with Crippen molar-refractivity contribution in [2.24, 2.45) is 11.3 Å². The number of hydrogen-bond donors (Lipinski definition) is 1. The van der Waals surface area contributed by atoms with Crippen LogP contribution in [0.4, 0.5) is 4.79 Å². The van der Waals surface area contributed by atoms with Crippen LogP contribution in [-0.4, -0.2) is 44.4 Å². The fourth-order valence-corrected chi connectivity index (χ4v) is 6.59. The van der Waals surface area contributed by atoms with Crippen molar-refractivity contribution in [2.75, 3.05) is 25.1 Å². The van der Waals surface area contributed by atoms with Crippen molar-refractivity contribution in [3.8, 4) is 0 Å². The summed E-state index contributed by atoms with van der Waals surface area (Å²) in [5.74, 6) is 0.711. The molecule has 0 bridgehead atoms. The number of carbonyl (C=O) groups excluding carboxylic acids is 1. The van der Waals surface area contributed by atoms with Crippen LogP contribution in [0.5, 0.6) is 0 Å². The average Bonchev–Trinajstić information content (AvgIpc) is 3.33. The van der Waals surface area contributed by atoms with Crippen LogP contribution in [0.25, 0.3) is 0 Å². The Labute approximate surface area is 156 Å². The van der Waals surface area contributed by atoms with Crippen molar-refractivity contribution >= 4 is 15.9 Å². The summed E-state index contributed by atoms with van der Waals surface area (Å²) in [7, 11) is -3.02. The Morgan fingerprint density at radius 3 is 2.54 bits per heavy atom. The molecule has 1 heterocycles. The number of sulfone groups is 1. The molecule has 6 heteroatoms. The standard InChI is InChI=1S/C20H28N2O3S/c1-26(24,25)15-19(11-12-19)14-21-18(23)22-13-17-9-5-6-10-20(17,22)16-7-3-2-4-8-16/h2-4,7-8,17H,5-6,9-15H2,1H3,(H,21,23). The van der Waals surface area contributed by atoms with E-state index < -0.39 is 9.84 Å². The molecule has 2 saturated carbocycles. The zero-order valence-corrected chi connectivity index (χ0v) is 16.2. The third kappa shape index (κ3) is 3.13. The highest BCUT2D eigenvalue weighted by molar-refractivity contribution is 7.90. The highest BCUT2D eigenvalue weighted by atomic mass is 32.2. The van der Waals surface area contributed by atoms with Gasteiger partial charge in [-0.05, 0) is 31.2 Å². The predicted molar refractivity (Wildman–Crippen MR) is 102 cm³/mol. The summed E-state index contributed by atoms with van der Waals surface area (Å²) in [6.45, 7) is 1.27. The van der Waals surface area contributed by atoms with Gasteiger partial charge in [-0.1, -0.05) is 43.2 Å². The Balaban J connectivity index is 1.48. The lowest BCUT2D eigenvalue weighted by atomic mass is 9.62. The van der Waals surface area contributed by atoms with Gasteiger partial charge in [-0.15, -0.1) is 0 Å². The van der Waals surface area contributed by atoms with Gasteiger partial charge in [0.1, 0.15) is 9.84 Å². The SMILES string of the molecule is CS(=O)(=O)CC1(CNC(=O)N2CC3CCCCC32c2ccccc2)CC1. The van der Waals surface area contributed by atoms with Gasteiger partial charge in [-0.25, -0.2) is 13.2 Å². The van der Waals surface area contributed by atoms with Gasteiger partial charge in [0.05, 0.1) is 11.3 Å². The Bertz CT molecular complexity index is 789. The second kappa shape index (κ2) is 6.25.